The first-order chi connectivity index (χ1) is 8.63. The number of likely N-dealkylation sites (tertiary alicyclic amines) is 1. The van der Waals surface area contributed by atoms with Crippen molar-refractivity contribution in [3.8, 4) is 6.07 Å². The van der Waals surface area contributed by atoms with E-state index >= 15 is 0 Å². The lowest BCUT2D eigenvalue weighted by Gasteiger charge is -2.33. The van der Waals surface area contributed by atoms with Crippen molar-refractivity contribution in [1.29, 1.82) is 5.26 Å². The van der Waals surface area contributed by atoms with Gasteiger partial charge in [-0.1, -0.05) is 12.2 Å². The molecule has 2 aliphatic heterocycles. The fraction of sp³-hybridized carbons (Fsp3) is 0.462. The molecule has 5 nitrogen and oxygen atoms in total. The Labute approximate surface area is 104 Å². The van der Waals surface area contributed by atoms with Gasteiger partial charge in [0.1, 0.15) is 0 Å². The second kappa shape index (κ2) is 3.79. The van der Waals surface area contributed by atoms with E-state index < -0.39 is 18.1 Å². The van der Waals surface area contributed by atoms with Crippen LogP contribution in [0.25, 0.3) is 0 Å². The largest absolute Gasteiger partial charge is 0.350 e. The molecule has 1 saturated heterocycles. The van der Waals surface area contributed by atoms with Crippen LogP contribution in [0.1, 0.15) is 6.42 Å². The van der Waals surface area contributed by atoms with Crippen molar-refractivity contribution in [1.82, 2.24) is 4.90 Å². The number of fused-ring (bicyclic) bond motifs is 3. The summed E-state index contributed by atoms with van der Waals surface area (Å²) in [4.78, 5) is 25.2. The van der Waals surface area contributed by atoms with Gasteiger partial charge in [0.15, 0.2) is 6.10 Å². The summed E-state index contributed by atoms with van der Waals surface area (Å²) in [6.45, 7) is 0. The normalized spacial score (nSPS) is 38.0. The molecule has 18 heavy (non-hydrogen) atoms. The molecule has 3 rings (SSSR count). The number of rotatable bonds is 0. The molecule has 1 fully saturated rings. The predicted octanol–water partition coefficient (Wildman–Crippen LogP) is 0.395. The Morgan fingerprint density at radius 2 is 2.22 bits per heavy atom. The van der Waals surface area contributed by atoms with E-state index in [0.29, 0.717) is 6.42 Å². The Balaban J connectivity index is 1.99. The van der Waals surface area contributed by atoms with Gasteiger partial charge in [-0.2, -0.15) is 5.26 Å². The summed E-state index contributed by atoms with van der Waals surface area (Å²) in [6.07, 6.45) is 4.90. The van der Waals surface area contributed by atoms with Crippen molar-refractivity contribution < 1.29 is 14.3 Å². The first-order valence-electron chi connectivity index (χ1n) is 5.88. The van der Waals surface area contributed by atoms with Gasteiger partial charge in [-0.25, -0.2) is 0 Å². The number of nitriles is 1. The van der Waals surface area contributed by atoms with E-state index in [1.54, 1.807) is 6.08 Å². The zero-order valence-electron chi connectivity index (χ0n) is 9.87. The number of amides is 2. The van der Waals surface area contributed by atoms with Gasteiger partial charge >= 0.3 is 0 Å². The summed E-state index contributed by atoms with van der Waals surface area (Å²) in [5, 5.41) is 8.88. The number of carbonyl (C=O) groups excluding carboxylic acids is 2. The monoisotopic (exact) mass is 244 g/mol. The minimum atomic E-state index is -0.639. The van der Waals surface area contributed by atoms with E-state index in [4.69, 9.17) is 10.00 Å². The molecule has 3 aliphatic rings. The van der Waals surface area contributed by atoms with Crippen molar-refractivity contribution in [2.45, 2.75) is 18.6 Å². The Morgan fingerprint density at radius 3 is 2.94 bits per heavy atom. The number of hydrogen-bond acceptors (Lipinski definition) is 4. The molecular weight excluding hydrogens is 232 g/mol. The number of imide groups is 1. The predicted molar refractivity (Wildman–Crippen MR) is 60.9 cm³/mol. The van der Waals surface area contributed by atoms with Crippen LogP contribution in [0.15, 0.2) is 23.8 Å². The molecule has 0 aromatic rings. The summed E-state index contributed by atoms with van der Waals surface area (Å²) in [7, 11) is 1.50. The Hall–Kier alpha value is -1.93. The van der Waals surface area contributed by atoms with Crippen molar-refractivity contribution >= 4 is 11.8 Å². The third-order valence-corrected chi connectivity index (χ3v) is 3.84. The van der Waals surface area contributed by atoms with Gasteiger partial charge < -0.3 is 4.74 Å². The minimum Gasteiger partial charge on any atom is -0.350 e. The molecule has 0 unspecified atom stereocenters. The lowest BCUT2D eigenvalue weighted by atomic mass is 9.78. The minimum absolute atomic E-state index is 0.146. The number of carbonyl (C=O) groups is 2. The van der Waals surface area contributed by atoms with Crippen LogP contribution in [0.3, 0.4) is 0 Å². The Morgan fingerprint density at radius 1 is 1.44 bits per heavy atom. The Kier molecular flexibility index (Phi) is 2.35. The van der Waals surface area contributed by atoms with Crippen LogP contribution in [-0.2, 0) is 14.3 Å². The standard InChI is InChI=1S/C13H12N2O3/c1-15-12(16)9-5-3-7-2-4-8(6-14)18-11(7)10(9)13(15)17/h2-4,8-11H,5H2,1H3/t8-,9-,10-,11+/m0/s1. The highest BCUT2D eigenvalue weighted by Gasteiger charge is 2.52. The quantitative estimate of drug-likeness (QED) is 0.578. The number of ether oxygens (including phenoxy) is 1. The lowest BCUT2D eigenvalue weighted by Crippen LogP contribution is -2.40. The second-order valence-electron chi connectivity index (χ2n) is 4.77. The van der Waals surface area contributed by atoms with Gasteiger partial charge in [0.05, 0.1) is 24.0 Å². The summed E-state index contributed by atoms with van der Waals surface area (Å²) < 4.78 is 5.60. The zero-order chi connectivity index (χ0) is 12.9. The number of hydrogen-bond donors (Lipinski definition) is 0. The van der Waals surface area contributed by atoms with Gasteiger partial charge in [0.2, 0.25) is 11.8 Å². The lowest BCUT2D eigenvalue weighted by molar-refractivity contribution is -0.139. The molecule has 4 atom stereocenters. The third kappa shape index (κ3) is 1.36. The van der Waals surface area contributed by atoms with E-state index in [1.165, 1.54) is 11.9 Å². The molecule has 2 heterocycles. The number of allylic oxidation sites excluding steroid dienone is 1. The fourth-order valence-electron chi connectivity index (χ4n) is 2.88. The maximum Gasteiger partial charge on any atom is 0.235 e. The summed E-state index contributed by atoms with van der Waals surface area (Å²) in [6, 6.07) is 2.01. The van der Waals surface area contributed by atoms with E-state index in [-0.39, 0.29) is 17.7 Å². The first-order valence-corrected chi connectivity index (χ1v) is 5.88. The van der Waals surface area contributed by atoms with E-state index in [1.807, 2.05) is 18.2 Å². The number of nitrogens with zero attached hydrogens (tertiary/aromatic N) is 2. The second-order valence-corrected chi connectivity index (χ2v) is 4.77. The summed E-state index contributed by atoms with van der Waals surface area (Å²) in [5.74, 6) is -1.15. The summed E-state index contributed by atoms with van der Waals surface area (Å²) in [5.41, 5.74) is 0.902. The average Bonchev–Trinajstić information content (AvgIpc) is 2.63. The first kappa shape index (κ1) is 11.2. The topological polar surface area (TPSA) is 70.4 Å². The van der Waals surface area contributed by atoms with Crippen molar-refractivity contribution in [2.24, 2.45) is 11.8 Å². The highest BCUT2D eigenvalue weighted by molar-refractivity contribution is 6.05. The van der Waals surface area contributed by atoms with Gasteiger partial charge in [0.25, 0.3) is 0 Å². The van der Waals surface area contributed by atoms with Gasteiger partial charge in [-0.05, 0) is 18.1 Å². The van der Waals surface area contributed by atoms with E-state index in [9.17, 15) is 9.59 Å². The van der Waals surface area contributed by atoms with Crippen LogP contribution in [-0.4, -0.2) is 36.0 Å². The van der Waals surface area contributed by atoms with E-state index in [0.717, 1.165) is 5.57 Å². The molecule has 0 spiro atoms. The van der Waals surface area contributed by atoms with Crippen LogP contribution in [0.4, 0.5) is 0 Å². The van der Waals surface area contributed by atoms with E-state index in [2.05, 4.69) is 0 Å². The van der Waals surface area contributed by atoms with Crippen LogP contribution in [0.2, 0.25) is 0 Å². The third-order valence-electron chi connectivity index (χ3n) is 3.84. The molecule has 92 valence electrons. The molecule has 1 aliphatic carbocycles. The average molecular weight is 244 g/mol. The molecule has 0 radical (unpaired) electrons. The molecule has 0 bridgehead atoms. The highest BCUT2D eigenvalue weighted by atomic mass is 16.5. The molecule has 0 aromatic carbocycles. The molecular formula is C13H12N2O3. The SMILES string of the molecule is CN1C(=O)[C@H]2[C@H](CC=C3C=C[C@@H](C#N)O[C@H]32)C1=O. The van der Waals surface area contributed by atoms with Crippen molar-refractivity contribution in [3.63, 3.8) is 0 Å². The Bertz CT molecular complexity index is 529. The molecule has 0 N–H and O–H groups in total. The molecule has 5 heteroatoms. The van der Waals surface area contributed by atoms with Gasteiger partial charge in [-0.15, -0.1) is 0 Å². The molecule has 0 aromatic heterocycles. The van der Waals surface area contributed by atoms with Crippen LogP contribution in [0.5, 0.6) is 0 Å². The van der Waals surface area contributed by atoms with Crippen molar-refractivity contribution in [2.75, 3.05) is 7.05 Å². The highest BCUT2D eigenvalue weighted by Crippen LogP contribution is 2.41. The van der Waals surface area contributed by atoms with Gasteiger partial charge in [-0.3, -0.25) is 14.5 Å². The van der Waals surface area contributed by atoms with Crippen LogP contribution >= 0.6 is 0 Å². The molecule has 0 saturated carbocycles. The fourth-order valence-corrected chi connectivity index (χ4v) is 2.88. The van der Waals surface area contributed by atoms with Crippen LogP contribution < -0.4 is 0 Å². The van der Waals surface area contributed by atoms with Gasteiger partial charge in [0, 0.05) is 7.05 Å². The maximum atomic E-state index is 12.1. The maximum absolute atomic E-state index is 12.1. The van der Waals surface area contributed by atoms with Crippen LogP contribution in [0, 0.1) is 23.2 Å². The smallest absolute Gasteiger partial charge is 0.235 e. The zero-order valence-corrected chi connectivity index (χ0v) is 9.87. The molecule has 2 amide bonds. The summed E-state index contributed by atoms with van der Waals surface area (Å²) >= 11 is 0. The van der Waals surface area contributed by atoms with Crippen molar-refractivity contribution in [3.05, 3.63) is 23.8 Å².